The number of benzene rings is 2. The van der Waals surface area contributed by atoms with Crippen molar-refractivity contribution < 1.29 is 24.2 Å². The smallest absolute Gasteiger partial charge is 0.407 e. The zero-order valence-corrected chi connectivity index (χ0v) is 18.9. The Morgan fingerprint density at radius 1 is 1.03 bits per heavy atom. The van der Waals surface area contributed by atoms with Crippen LogP contribution in [0.5, 0.6) is 0 Å². The van der Waals surface area contributed by atoms with Crippen molar-refractivity contribution in [3.05, 3.63) is 65.7 Å². The van der Waals surface area contributed by atoms with Gasteiger partial charge in [0.2, 0.25) is 0 Å². The highest BCUT2D eigenvalue weighted by atomic mass is 16.5. The van der Waals surface area contributed by atoms with Crippen LogP contribution in [0, 0.1) is 0 Å². The van der Waals surface area contributed by atoms with Crippen molar-refractivity contribution in [3.8, 4) is 0 Å². The molecule has 3 rings (SSSR count). The number of ketones is 1. The molecule has 1 aliphatic heterocycles. The van der Waals surface area contributed by atoms with E-state index in [9.17, 15) is 19.5 Å². The third-order valence-corrected chi connectivity index (χ3v) is 5.68. The second-order valence-electron chi connectivity index (χ2n) is 8.01. The Labute approximate surface area is 194 Å². The van der Waals surface area contributed by atoms with Gasteiger partial charge in [0.1, 0.15) is 0 Å². The molecule has 8 nitrogen and oxygen atoms in total. The summed E-state index contributed by atoms with van der Waals surface area (Å²) in [5.41, 5.74) is 2.31. The zero-order chi connectivity index (χ0) is 23.6. The minimum Gasteiger partial charge on any atom is -0.466 e. The van der Waals surface area contributed by atoms with Crippen LogP contribution < -0.4 is 5.32 Å². The fourth-order valence-electron chi connectivity index (χ4n) is 4.02. The lowest BCUT2D eigenvalue weighted by molar-refractivity contribution is -0.143. The van der Waals surface area contributed by atoms with Gasteiger partial charge < -0.3 is 20.1 Å². The maximum Gasteiger partial charge on any atom is 0.407 e. The largest absolute Gasteiger partial charge is 0.466 e. The molecule has 8 heteroatoms. The summed E-state index contributed by atoms with van der Waals surface area (Å²) < 4.78 is 4.90. The highest BCUT2D eigenvalue weighted by molar-refractivity contribution is 6.02. The molecule has 1 atom stereocenters. The van der Waals surface area contributed by atoms with Crippen molar-refractivity contribution in [2.24, 2.45) is 0 Å². The van der Waals surface area contributed by atoms with Crippen molar-refractivity contribution in [1.29, 1.82) is 0 Å². The molecular weight excluding hydrogens is 422 g/mol. The monoisotopic (exact) mass is 453 g/mol. The van der Waals surface area contributed by atoms with Gasteiger partial charge in [-0.15, -0.1) is 0 Å². The maximum atomic E-state index is 12.7. The molecule has 0 aromatic heterocycles. The first-order chi connectivity index (χ1) is 16.0. The number of carboxylic acid groups (broad SMARTS) is 1. The van der Waals surface area contributed by atoms with E-state index in [0.29, 0.717) is 37.4 Å². The number of carbonyl (C=O) groups is 3. The van der Waals surface area contributed by atoms with Gasteiger partial charge in [0.25, 0.3) is 0 Å². The van der Waals surface area contributed by atoms with Gasteiger partial charge in [-0.3, -0.25) is 14.5 Å². The predicted molar refractivity (Wildman–Crippen MR) is 125 cm³/mol. The van der Waals surface area contributed by atoms with E-state index in [0.717, 1.165) is 6.54 Å². The summed E-state index contributed by atoms with van der Waals surface area (Å²) >= 11 is 0. The number of nitrogens with one attached hydrogen (secondary N) is 1. The van der Waals surface area contributed by atoms with Crippen LogP contribution >= 0.6 is 0 Å². The molecule has 1 saturated heterocycles. The Morgan fingerprint density at radius 3 is 2.48 bits per heavy atom. The minimum absolute atomic E-state index is 0.0326. The molecule has 2 aromatic carbocycles. The number of Topliss-reactive ketones (excluding diaryl/α,β-unsaturated/α-hetero) is 1. The molecule has 2 aromatic rings. The fraction of sp³-hybridized carbons (Fsp3) is 0.400. The number of esters is 1. The summed E-state index contributed by atoms with van der Waals surface area (Å²) in [6.45, 7) is 4.83. The Balaban J connectivity index is 1.64. The number of amides is 1. The van der Waals surface area contributed by atoms with Gasteiger partial charge in [0, 0.05) is 50.4 Å². The molecule has 0 radical (unpaired) electrons. The second-order valence-corrected chi connectivity index (χ2v) is 8.01. The number of nitrogens with zero attached hydrogens (tertiary/aromatic N) is 2. The molecule has 2 N–H and O–H groups in total. The van der Waals surface area contributed by atoms with Gasteiger partial charge in [0.05, 0.1) is 19.1 Å². The molecule has 0 aliphatic carbocycles. The molecular formula is C25H31N3O5. The summed E-state index contributed by atoms with van der Waals surface area (Å²) in [5, 5.41) is 12.9. The van der Waals surface area contributed by atoms with Crippen LogP contribution in [0.4, 0.5) is 10.5 Å². The number of carbonyl (C=O) groups excluding carboxylic acids is 2. The Morgan fingerprint density at radius 2 is 1.76 bits per heavy atom. The Kier molecular flexibility index (Phi) is 8.83. The number of ether oxygens (including phenoxy) is 1. The zero-order valence-electron chi connectivity index (χ0n) is 18.9. The first-order valence-electron chi connectivity index (χ1n) is 11.3. The lowest BCUT2D eigenvalue weighted by Gasteiger charge is -2.40. The second kappa shape index (κ2) is 12.0. The molecule has 0 unspecified atom stereocenters. The van der Waals surface area contributed by atoms with E-state index in [1.165, 1.54) is 10.5 Å². The van der Waals surface area contributed by atoms with E-state index in [1.54, 1.807) is 25.1 Å². The number of para-hydroxylation sites is 1. The Hall–Kier alpha value is -3.39. The van der Waals surface area contributed by atoms with Crippen LogP contribution in [0.2, 0.25) is 0 Å². The van der Waals surface area contributed by atoms with Gasteiger partial charge in [-0.25, -0.2) is 4.79 Å². The highest BCUT2D eigenvalue weighted by Gasteiger charge is 2.30. The van der Waals surface area contributed by atoms with Crippen molar-refractivity contribution >= 4 is 23.5 Å². The number of hydrogen-bond donors (Lipinski definition) is 2. The normalized spacial score (nSPS) is 16.3. The van der Waals surface area contributed by atoms with Gasteiger partial charge >= 0.3 is 12.1 Å². The number of rotatable bonds is 10. The average molecular weight is 454 g/mol. The van der Waals surface area contributed by atoms with E-state index >= 15 is 0 Å². The van der Waals surface area contributed by atoms with Gasteiger partial charge in [-0.05, 0) is 24.6 Å². The molecule has 1 heterocycles. The number of hydrogen-bond acceptors (Lipinski definition) is 6. The summed E-state index contributed by atoms with van der Waals surface area (Å²) in [7, 11) is 0. The van der Waals surface area contributed by atoms with Crippen LogP contribution in [0.25, 0.3) is 0 Å². The van der Waals surface area contributed by atoms with E-state index in [1.807, 2.05) is 24.3 Å². The van der Waals surface area contributed by atoms with Crippen molar-refractivity contribution in [2.45, 2.75) is 32.4 Å². The molecule has 0 saturated carbocycles. The fourth-order valence-corrected chi connectivity index (χ4v) is 4.02. The molecule has 176 valence electrons. The topological polar surface area (TPSA) is 99.2 Å². The van der Waals surface area contributed by atoms with Crippen LogP contribution in [0.1, 0.15) is 35.7 Å². The van der Waals surface area contributed by atoms with Crippen molar-refractivity contribution in [3.63, 3.8) is 0 Å². The van der Waals surface area contributed by atoms with E-state index in [-0.39, 0.29) is 31.3 Å². The molecule has 1 amide bonds. The molecule has 33 heavy (non-hydrogen) atoms. The molecule has 1 aliphatic rings. The third kappa shape index (κ3) is 7.05. The third-order valence-electron chi connectivity index (χ3n) is 5.68. The SMILES string of the molecule is CCOC(=O)CCC(=O)c1ccccc1NC[C@H]1CN(Cc2ccccc2)CCN1C(=O)O. The average Bonchev–Trinajstić information content (AvgIpc) is 2.82. The van der Waals surface area contributed by atoms with Gasteiger partial charge in [-0.2, -0.15) is 0 Å². The van der Waals surface area contributed by atoms with E-state index in [4.69, 9.17) is 4.74 Å². The first kappa shape index (κ1) is 24.3. The van der Waals surface area contributed by atoms with Gasteiger partial charge in [-0.1, -0.05) is 42.5 Å². The summed E-state index contributed by atoms with van der Waals surface area (Å²) in [6.07, 6.45) is -0.849. The summed E-state index contributed by atoms with van der Waals surface area (Å²) in [5.74, 6) is -0.551. The van der Waals surface area contributed by atoms with E-state index < -0.39 is 12.1 Å². The van der Waals surface area contributed by atoms with Crippen LogP contribution in [0.15, 0.2) is 54.6 Å². The summed E-state index contributed by atoms with van der Waals surface area (Å²) in [6, 6.07) is 16.9. The minimum atomic E-state index is -0.944. The Bertz CT molecular complexity index is 950. The number of anilines is 1. The lowest BCUT2D eigenvalue weighted by atomic mass is 10.0. The van der Waals surface area contributed by atoms with Gasteiger partial charge in [0.15, 0.2) is 5.78 Å². The molecule has 0 bridgehead atoms. The molecule has 0 spiro atoms. The first-order valence-corrected chi connectivity index (χ1v) is 11.3. The lowest BCUT2D eigenvalue weighted by Crippen LogP contribution is -2.56. The maximum absolute atomic E-state index is 12.7. The quantitative estimate of drug-likeness (QED) is 0.420. The van der Waals surface area contributed by atoms with E-state index in [2.05, 4.69) is 22.3 Å². The van der Waals surface area contributed by atoms with Crippen molar-refractivity contribution in [1.82, 2.24) is 9.80 Å². The molecule has 1 fully saturated rings. The standard InChI is InChI=1S/C25H31N3O5/c1-2-33-24(30)13-12-23(29)21-10-6-7-11-22(21)26-16-20-18-27(14-15-28(20)25(31)32)17-19-8-4-3-5-9-19/h3-11,20,26H,2,12-18H2,1H3,(H,31,32)/t20-/m0/s1. The number of piperazine rings is 1. The summed E-state index contributed by atoms with van der Waals surface area (Å²) in [4.78, 5) is 39.8. The predicted octanol–water partition coefficient (Wildman–Crippen LogP) is 3.49. The van der Waals surface area contributed by atoms with Crippen LogP contribution in [0.3, 0.4) is 0 Å². The van der Waals surface area contributed by atoms with Crippen LogP contribution in [-0.2, 0) is 16.1 Å². The van der Waals surface area contributed by atoms with Crippen molar-refractivity contribution in [2.75, 3.05) is 38.1 Å². The highest BCUT2D eigenvalue weighted by Crippen LogP contribution is 2.20. The van der Waals surface area contributed by atoms with Crippen LogP contribution in [-0.4, -0.2) is 71.6 Å².